The Morgan fingerprint density at radius 3 is 2.24 bits per heavy atom. The lowest BCUT2D eigenvalue weighted by Crippen LogP contribution is -2.57. The third-order valence-electron chi connectivity index (χ3n) is 7.78. The highest BCUT2D eigenvalue weighted by atomic mass is 16.5. The van der Waals surface area contributed by atoms with E-state index in [0.717, 1.165) is 80.2 Å². The molecule has 1 fully saturated rings. The monoisotopic (exact) mass is 499 g/mol. The third-order valence-corrected chi connectivity index (χ3v) is 7.78. The number of H-pyrrole nitrogens is 2. The van der Waals surface area contributed by atoms with E-state index in [-0.39, 0.29) is 0 Å². The quantitative estimate of drug-likeness (QED) is 0.309. The molecule has 0 radical (unpaired) electrons. The van der Waals surface area contributed by atoms with Crippen LogP contribution in [0.25, 0.3) is 44.1 Å². The van der Waals surface area contributed by atoms with Gasteiger partial charge < -0.3 is 14.5 Å². The number of likely N-dealkylation sites (N-methyl/N-ethyl adjacent to an activating group) is 1. The lowest BCUT2D eigenvalue weighted by Gasteiger charge is -2.46. The van der Waals surface area contributed by atoms with Gasteiger partial charge in [-0.25, -0.2) is 4.98 Å². The zero-order valence-corrected chi connectivity index (χ0v) is 21.1. The van der Waals surface area contributed by atoms with Crippen LogP contribution in [0.3, 0.4) is 0 Å². The highest BCUT2D eigenvalue weighted by Crippen LogP contribution is 2.50. The summed E-state index contributed by atoms with van der Waals surface area (Å²) in [6.45, 7) is 4.13. The average molecular weight is 500 g/mol. The van der Waals surface area contributed by atoms with Crippen LogP contribution in [0.2, 0.25) is 0 Å². The first kappa shape index (κ1) is 21.4. The van der Waals surface area contributed by atoms with Crippen molar-refractivity contribution in [1.29, 1.82) is 0 Å². The van der Waals surface area contributed by atoms with E-state index < -0.39 is 0 Å². The minimum atomic E-state index is 0.342. The number of rotatable bonds is 3. The molecular formula is C30H25N7O. The zero-order valence-electron chi connectivity index (χ0n) is 21.1. The van der Waals surface area contributed by atoms with Gasteiger partial charge in [-0.1, -0.05) is 12.1 Å². The van der Waals surface area contributed by atoms with Gasteiger partial charge in [-0.2, -0.15) is 10.2 Å². The largest absolute Gasteiger partial charge is 0.451 e. The summed E-state index contributed by atoms with van der Waals surface area (Å²) in [7, 11) is 2.15. The van der Waals surface area contributed by atoms with Crippen molar-refractivity contribution < 1.29 is 4.74 Å². The molecule has 2 aliphatic heterocycles. The maximum absolute atomic E-state index is 6.62. The predicted molar refractivity (Wildman–Crippen MR) is 149 cm³/mol. The van der Waals surface area contributed by atoms with Gasteiger partial charge in [-0.3, -0.25) is 10.2 Å². The molecule has 2 aliphatic rings. The van der Waals surface area contributed by atoms with E-state index >= 15 is 0 Å². The van der Waals surface area contributed by atoms with E-state index in [1.807, 2.05) is 18.6 Å². The first-order chi connectivity index (χ1) is 18.6. The number of likely N-dealkylation sites (tertiary alicyclic amines) is 1. The lowest BCUT2D eigenvalue weighted by molar-refractivity contribution is 0.189. The third kappa shape index (κ3) is 3.23. The molecule has 8 heteroatoms. The minimum Gasteiger partial charge on any atom is -0.451 e. The summed E-state index contributed by atoms with van der Waals surface area (Å²) in [5.41, 5.74) is 8.70. The van der Waals surface area contributed by atoms with Gasteiger partial charge in [0.2, 0.25) is 0 Å². The minimum absolute atomic E-state index is 0.342. The molecule has 5 heterocycles. The van der Waals surface area contributed by atoms with Crippen molar-refractivity contribution in [2.75, 3.05) is 25.0 Å². The predicted octanol–water partition coefficient (Wildman–Crippen LogP) is 6.03. The molecule has 0 atom stereocenters. The van der Waals surface area contributed by atoms with Gasteiger partial charge in [0.1, 0.15) is 0 Å². The summed E-state index contributed by atoms with van der Waals surface area (Å²) in [5.74, 6) is 2.50. The molecule has 6 aromatic rings. The van der Waals surface area contributed by atoms with Crippen LogP contribution >= 0.6 is 0 Å². The molecule has 2 N–H and O–H groups in total. The molecule has 3 aromatic carbocycles. The standard InChI is InChI=1S/C30H25N7O/c1-17-7-27-28(11-24(17)19-4-6-26-22(9-19)14-33-35-26)38-29-10-20(18-3-5-25-21(8-18)13-32-34-25)12-31-30(29)37(27)23-15-36(2)16-23/h3-14,23H,15-16H2,1-2H3,(H,32,34)(H,33,35). The Labute approximate surface area is 218 Å². The van der Waals surface area contributed by atoms with E-state index in [2.05, 4.69) is 98.8 Å². The fourth-order valence-corrected chi connectivity index (χ4v) is 5.77. The van der Waals surface area contributed by atoms with Gasteiger partial charge in [-0.05, 0) is 78.7 Å². The number of benzene rings is 3. The molecule has 186 valence electrons. The Kier molecular flexibility index (Phi) is 4.45. The molecule has 8 nitrogen and oxygen atoms in total. The van der Waals surface area contributed by atoms with Gasteiger partial charge >= 0.3 is 0 Å². The number of hydrogen-bond acceptors (Lipinski definition) is 6. The van der Waals surface area contributed by atoms with E-state index in [4.69, 9.17) is 9.72 Å². The van der Waals surface area contributed by atoms with Crippen molar-refractivity contribution in [3.05, 3.63) is 78.8 Å². The van der Waals surface area contributed by atoms with Gasteiger partial charge in [-0.15, -0.1) is 0 Å². The summed E-state index contributed by atoms with van der Waals surface area (Å²) in [6, 6.07) is 19.5. The van der Waals surface area contributed by atoms with Crippen LogP contribution in [0.4, 0.5) is 11.5 Å². The summed E-state index contributed by atoms with van der Waals surface area (Å²) in [6.07, 6.45) is 5.66. The smallest absolute Gasteiger partial charge is 0.177 e. The highest BCUT2D eigenvalue weighted by molar-refractivity contribution is 5.88. The number of aromatic amines is 2. The van der Waals surface area contributed by atoms with Gasteiger partial charge in [0.05, 0.1) is 35.2 Å². The number of fused-ring (bicyclic) bond motifs is 4. The molecule has 0 saturated carbocycles. The second-order valence-corrected chi connectivity index (χ2v) is 10.4. The topological polar surface area (TPSA) is 86.0 Å². The summed E-state index contributed by atoms with van der Waals surface area (Å²) >= 11 is 0. The molecular weight excluding hydrogens is 474 g/mol. The van der Waals surface area contributed by atoms with Crippen molar-refractivity contribution in [3.63, 3.8) is 0 Å². The van der Waals surface area contributed by atoms with Crippen LogP contribution in [0.5, 0.6) is 11.5 Å². The van der Waals surface area contributed by atoms with Crippen molar-refractivity contribution in [1.82, 2.24) is 30.3 Å². The fraction of sp³-hybridized carbons (Fsp3) is 0.167. The van der Waals surface area contributed by atoms with Gasteiger partial charge in [0, 0.05) is 35.6 Å². The molecule has 0 bridgehead atoms. The zero-order chi connectivity index (χ0) is 25.4. The molecule has 38 heavy (non-hydrogen) atoms. The van der Waals surface area contributed by atoms with Crippen LogP contribution < -0.4 is 9.64 Å². The molecule has 3 aromatic heterocycles. The highest BCUT2D eigenvalue weighted by Gasteiger charge is 2.37. The van der Waals surface area contributed by atoms with Crippen LogP contribution in [-0.4, -0.2) is 56.5 Å². The number of aryl methyl sites for hydroxylation is 1. The SMILES string of the molecule is Cc1cc2c(cc1-c1ccc3[nH]ncc3c1)Oc1cc(-c3ccc4[nH]ncc4c3)cnc1N2C1CN(C)C1. The van der Waals surface area contributed by atoms with Gasteiger partial charge in [0.15, 0.2) is 17.3 Å². The number of anilines is 2. The first-order valence-corrected chi connectivity index (χ1v) is 12.8. The number of aromatic nitrogens is 5. The normalized spacial score (nSPS) is 15.4. The number of nitrogens with one attached hydrogen (secondary N) is 2. The molecule has 0 amide bonds. The Morgan fingerprint density at radius 1 is 0.789 bits per heavy atom. The van der Waals surface area contributed by atoms with Crippen molar-refractivity contribution in [2.45, 2.75) is 13.0 Å². The number of pyridine rings is 1. The van der Waals surface area contributed by atoms with E-state index in [1.165, 1.54) is 5.56 Å². The molecule has 0 spiro atoms. The molecule has 0 aliphatic carbocycles. The Bertz CT molecular complexity index is 1860. The van der Waals surface area contributed by atoms with E-state index in [9.17, 15) is 0 Å². The second-order valence-electron chi connectivity index (χ2n) is 10.4. The fourth-order valence-electron chi connectivity index (χ4n) is 5.77. The van der Waals surface area contributed by atoms with Gasteiger partial charge in [0.25, 0.3) is 0 Å². The maximum atomic E-state index is 6.62. The summed E-state index contributed by atoms with van der Waals surface area (Å²) < 4.78 is 6.62. The summed E-state index contributed by atoms with van der Waals surface area (Å²) in [5, 5.41) is 16.6. The maximum Gasteiger partial charge on any atom is 0.177 e. The van der Waals surface area contributed by atoms with Crippen LogP contribution in [-0.2, 0) is 0 Å². The average Bonchev–Trinajstić information content (AvgIpc) is 3.58. The van der Waals surface area contributed by atoms with Crippen LogP contribution in [0.1, 0.15) is 5.56 Å². The second kappa shape index (κ2) is 7.90. The molecule has 1 saturated heterocycles. The molecule has 0 unspecified atom stereocenters. The lowest BCUT2D eigenvalue weighted by atomic mass is 9.96. The van der Waals surface area contributed by atoms with Crippen LogP contribution in [0, 0.1) is 6.92 Å². The van der Waals surface area contributed by atoms with Crippen molar-refractivity contribution >= 4 is 33.3 Å². The Balaban J connectivity index is 1.25. The Morgan fingerprint density at radius 2 is 1.50 bits per heavy atom. The number of hydrogen-bond donors (Lipinski definition) is 2. The van der Waals surface area contributed by atoms with Crippen molar-refractivity contribution in [3.8, 4) is 33.8 Å². The Hall–Kier alpha value is -4.69. The molecule has 8 rings (SSSR count). The summed E-state index contributed by atoms with van der Waals surface area (Å²) in [4.78, 5) is 9.66. The van der Waals surface area contributed by atoms with Crippen molar-refractivity contribution in [2.24, 2.45) is 0 Å². The first-order valence-electron chi connectivity index (χ1n) is 12.8. The number of nitrogens with zero attached hydrogens (tertiary/aromatic N) is 5. The van der Waals surface area contributed by atoms with Crippen LogP contribution in [0.15, 0.2) is 73.2 Å². The number of ether oxygens (including phenoxy) is 1. The van der Waals surface area contributed by atoms with E-state index in [0.29, 0.717) is 6.04 Å². The van der Waals surface area contributed by atoms with E-state index in [1.54, 1.807) is 0 Å².